The molecule has 0 amide bonds. The van der Waals surface area contributed by atoms with Crippen LogP contribution in [-0.4, -0.2) is 41.9 Å². The number of hydrogen-bond donors (Lipinski definition) is 1. The third-order valence-corrected chi connectivity index (χ3v) is 2.06. The smallest absolute Gasteiger partial charge is 0.392 e. The minimum Gasteiger partial charge on any atom is -0.392 e. The van der Waals surface area contributed by atoms with Crippen LogP contribution in [0.25, 0.3) is 0 Å². The maximum atomic E-state index is 12.0. The monoisotopic (exact) mass is 213 g/mol. The number of nitrogens with zero attached hydrogens (tertiary/aromatic N) is 1. The van der Waals surface area contributed by atoms with Gasteiger partial charge < -0.3 is 5.11 Å². The lowest BCUT2D eigenvalue weighted by atomic mass is 10.1. The van der Waals surface area contributed by atoms with E-state index in [1.807, 2.05) is 0 Å². The van der Waals surface area contributed by atoms with Gasteiger partial charge in [-0.25, -0.2) is 0 Å². The molecule has 0 fully saturated rings. The van der Waals surface area contributed by atoms with Crippen LogP contribution in [0, 0.1) is 5.92 Å². The van der Waals surface area contributed by atoms with Crippen molar-refractivity contribution in [2.75, 3.05) is 19.6 Å². The van der Waals surface area contributed by atoms with Crippen molar-refractivity contribution < 1.29 is 18.3 Å². The molecule has 2 nitrogen and oxygen atoms in total. The van der Waals surface area contributed by atoms with Gasteiger partial charge in [0.25, 0.3) is 0 Å². The van der Waals surface area contributed by atoms with Gasteiger partial charge in [-0.2, -0.15) is 13.2 Å². The first-order valence-electron chi connectivity index (χ1n) is 4.73. The third-order valence-electron chi connectivity index (χ3n) is 2.06. The Hall–Kier alpha value is -0.290. The van der Waals surface area contributed by atoms with E-state index >= 15 is 0 Å². The van der Waals surface area contributed by atoms with Crippen LogP contribution in [0.4, 0.5) is 13.2 Å². The summed E-state index contributed by atoms with van der Waals surface area (Å²) in [5.74, 6) is -0.0164. The molecule has 1 N–H and O–H groups in total. The molecular weight excluding hydrogens is 195 g/mol. The van der Waals surface area contributed by atoms with Gasteiger partial charge in [0, 0.05) is 6.54 Å². The molecule has 0 heterocycles. The standard InChI is InChI=1S/C9H18F3NO/c1-4-13(6-9(10,11)12)5-8(14)7(2)3/h7-8,14H,4-6H2,1-3H3. The first-order valence-corrected chi connectivity index (χ1v) is 4.73. The zero-order valence-corrected chi connectivity index (χ0v) is 8.80. The minimum absolute atomic E-state index is 0.0164. The number of rotatable bonds is 5. The van der Waals surface area contributed by atoms with E-state index in [0.29, 0.717) is 6.54 Å². The number of likely N-dealkylation sites (N-methyl/N-ethyl adjacent to an activating group) is 1. The molecule has 1 atom stereocenters. The highest BCUT2D eigenvalue weighted by Crippen LogP contribution is 2.17. The molecule has 0 radical (unpaired) electrons. The summed E-state index contributed by atoms with van der Waals surface area (Å²) < 4.78 is 36.1. The van der Waals surface area contributed by atoms with E-state index in [0.717, 1.165) is 0 Å². The largest absolute Gasteiger partial charge is 0.401 e. The summed E-state index contributed by atoms with van der Waals surface area (Å²) in [6.07, 6.45) is -4.88. The fraction of sp³-hybridized carbons (Fsp3) is 1.00. The predicted molar refractivity (Wildman–Crippen MR) is 49.0 cm³/mol. The van der Waals surface area contributed by atoms with Gasteiger partial charge in [0.15, 0.2) is 0 Å². The Morgan fingerprint density at radius 3 is 2.07 bits per heavy atom. The molecule has 0 aliphatic carbocycles. The van der Waals surface area contributed by atoms with Gasteiger partial charge in [-0.3, -0.25) is 4.90 Å². The summed E-state index contributed by atoms with van der Waals surface area (Å²) in [5, 5.41) is 9.42. The molecule has 0 saturated heterocycles. The molecule has 0 aromatic rings. The molecule has 14 heavy (non-hydrogen) atoms. The normalized spacial score (nSPS) is 15.2. The minimum atomic E-state index is -4.19. The maximum Gasteiger partial charge on any atom is 0.401 e. The first kappa shape index (κ1) is 13.7. The number of aliphatic hydroxyl groups is 1. The van der Waals surface area contributed by atoms with Crippen LogP contribution in [0.2, 0.25) is 0 Å². The van der Waals surface area contributed by atoms with Crippen LogP contribution in [-0.2, 0) is 0 Å². The second kappa shape index (κ2) is 5.56. The van der Waals surface area contributed by atoms with Gasteiger partial charge in [-0.1, -0.05) is 20.8 Å². The predicted octanol–water partition coefficient (Wildman–Crippen LogP) is 1.89. The summed E-state index contributed by atoms with van der Waals surface area (Å²) >= 11 is 0. The Kier molecular flexibility index (Phi) is 5.44. The lowest BCUT2D eigenvalue weighted by Crippen LogP contribution is -2.40. The zero-order chi connectivity index (χ0) is 11.4. The maximum absolute atomic E-state index is 12.0. The van der Waals surface area contributed by atoms with Gasteiger partial charge in [-0.05, 0) is 12.5 Å². The Bertz CT molecular complexity index is 159. The molecule has 5 heteroatoms. The molecule has 0 rings (SSSR count). The number of hydrogen-bond acceptors (Lipinski definition) is 2. The Balaban J connectivity index is 4.03. The molecular formula is C9H18F3NO. The van der Waals surface area contributed by atoms with Crippen LogP contribution >= 0.6 is 0 Å². The molecule has 1 unspecified atom stereocenters. The van der Waals surface area contributed by atoms with E-state index in [2.05, 4.69) is 0 Å². The van der Waals surface area contributed by atoms with Crippen molar-refractivity contribution in [1.29, 1.82) is 0 Å². The first-order chi connectivity index (χ1) is 6.26. The molecule has 86 valence electrons. The Morgan fingerprint density at radius 1 is 1.29 bits per heavy atom. The van der Waals surface area contributed by atoms with Crippen LogP contribution < -0.4 is 0 Å². The van der Waals surface area contributed by atoms with Crippen molar-refractivity contribution in [2.45, 2.75) is 33.1 Å². The van der Waals surface area contributed by atoms with Crippen molar-refractivity contribution >= 4 is 0 Å². The molecule has 0 spiro atoms. The van der Waals surface area contributed by atoms with Gasteiger partial charge in [0.05, 0.1) is 12.6 Å². The van der Waals surface area contributed by atoms with Gasteiger partial charge in [0.1, 0.15) is 0 Å². The van der Waals surface area contributed by atoms with Crippen LogP contribution in [0.15, 0.2) is 0 Å². The highest BCUT2D eigenvalue weighted by molar-refractivity contribution is 4.68. The van der Waals surface area contributed by atoms with E-state index in [-0.39, 0.29) is 12.5 Å². The van der Waals surface area contributed by atoms with Crippen molar-refractivity contribution in [2.24, 2.45) is 5.92 Å². The van der Waals surface area contributed by atoms with Crippen LogP contribution in [0.1, 0.15) is 20.8 Å². The lowest BCUT2D eigenvalue weighted by molar-refractivity contribution is -0.148. The van der Waals surface area contributed by atoms with E-state index in [9.17, 15) is 18.3 Å². The molecule has 0 saturated carbocycles. The van der Waals surface area contributed by atoms with Crippen molar-refractivity contribution in [1.82, 2.24) is 4.90 Å². The van der Waals surface area contributed by atoms with Gasteiger partial charge >= 0.3 is 6.18 Å². The molecule has 0 aromatic carbocycles. The Morgan fingerprint density at radius 2 is 1.79 bits per heavy atom. The van der Waals surface area contributed by atoms with Crippen LogP contribution in [0.3, 0.4) is 0 Å². The third kappa shape index (κ3) is 6.21. The van der Waals surface area contributed by atoms with Gasteiger partial charge in [0.2, 0.25) is 0 Å². The highest BCUT2D eigenvalue weighted by Gasteiger charge is 2.30. The fourth-order valence-corrected chi connectivity index (χ4v) is 1.03. The zero-order valence-electron chi connectivity index (χ0n) is 8.80. The van der Waals surface area contributed by atoms with E-state index in [4.69, 9.17) is 0 Å². The quantitative estimate of drug-likeness (QED) is 0.753. The summed E-state index contributed by atoms with van der Waals surface area (Å²) in [5.41, 5.74) is 0. The summed E-state index contributed by atoms with van der Waals surface area (Å²) in [7, 11) is 0. The number of halogens is 3. The molecule has 0 aromatic heterocycles. The van der Waals surface area contributed by atoms with Crippen molar-refractivity contribution in [3.8, 4) is 0 Å². The average molecular weight is 213 g/mol. The summed E-state index contributed by atoms with van der Waals surface area (Å²) in [6, 6.07) is 0. The second-order valence-electron chi connectivity index (χ2n) is 3.75. The topological polar surface area (TPSA) is 23.5 Å². The van der Waals surface area contributed by atoms with E-state index in [1.54, 1.807) is 20.8 Å². The Labute approximate surface area is 82.7 Å². The number of aliphatic hydroxyl groups excluding tert-OH is 1. The van der Waals surface area contributed by atoms with E-state index < -0.39 is 18.8 Å². The molecule has 0 aliphatic heterocycles. The average Bonchev–Trinajstić information content (AvgIpc) is 2.00. The van der Waals surface area contributed by atoms with Crippen molar-refractivity contribution in [3.05, 3.63) is 0 Å². The van der Waals surface area contributed by atoms with Gasteiger partial charge in [-0.15, -0.1) is 0 Å². The highest BCUT2D eigenvalue weighted by atomic mass is 19.4. The van der Waals surface area contributed by atoms with E-state index in [1.165, 1.54) is 4.90 Å². The van der Waals surface area contributed by atoms with Crippen molar-refractivity contribution in [3.63, 3.8) is 0 Å². The fourth-order valence-electron chi connectivity index (χ4n) is 1.03. The summed E-state index contributed by atoms with van der Waals surface area (Å²) in [4.78, 5) is 1.20. The molecule has 0 bridgehead atoms. The van der Waals surface area contributed by atoms with Crippen LogP contribution in [0.5, 0.6) is 0 Å². The lowest BCUT2D eigenvalue weighted by Gasteiger charge is -2.26. The molecule has 0 aliphatic rings. The number of alkyl halides is 3. The second-order valence-corrected chi connectivity index (χ2v) is 3.75. The SMILES string of the molecule is CCN(CC(O)C(C)C)CC(F)(F)F. The summed E-state index contributed by atoms with van der Waals surface area (Å²) in [6.45, 7) is 4.64.